The van der Waals surface area contributed by atoms with Crippen LogP contribution in [-0.2, 0) is 4.79 Å². The fourth-order valence-corrected chi connectivity index (χ4v) is 5.27. The predicted octanol–water partition coefficient (Wildman–Crippen LogP) is 6.98. The second-order valence-corrected chi connectivity index (χ2v) is 9.17. The number of amidine groups is 1. The highest BCUT2D eigenvalue weighted by Crippen LogP contribution is 2.40. The van der Waals surface area contributed by atoms with Gasteiger partial charge in [0, 0.05) is 34.0 Å². The molecule has 2 aliphatic rings. The van der Waals surface area contributed by atoms with Crippen molar-refractivity contribution in [1.29, 1.82) is 0 Å². The number of nitrogens with zero attached hydrogens (tertiary/aromatic N) is 3. The fraction of sp³-hybridized carbons (Fsp3) is 0.286. The summed E-state index contributed by atoms with van der Waals surface area (Å²) in [6.45, 7) is 0. The predicted molar refractivity (Wildman–Crippen MR) is 122 cm³/mol. The molecule has 0 N–H and O–H groups in total. The van der Waals surface area contributed by atoms with Crippen LogP contribution in [0.4, 0.5) is 5.69 Å². The summed E-state index contributed by atoms with van der Waals surface area (Å²) in [5.74, 6) is -0.0678. The van der Waals surface area contributed by atoms with E-state index in [0.717, 1.165) is 25.7 Å². The first-order valence-electron chi connectivity index (χ1n) is 9.40. The van der Waals surface area contributed by atoms with Crippen LogP contribution in [0.5, 0.6) is 0 Å². The highest BCUT2D eigenvalue weighted by Gasteiger charge is 2.39. The lowest BCUT2D eigenvalue weighted by molar-refractivity contribution is -0.124. The van der Waals surface area contributed by atoms with E-state index in [9.17, 15) is 4.79 Å². The molecule has 1 aliphatic heterocycles. The van der Waals surface area contributed by atoms with Crippen LogP contribution in [0.2, 0.25) is 15.1 Å². The molecule has 1 saturated carbocycles. The van der Waals surface area contributed by atoms with Crippen LogP contribution in [-0.4, -0.2) is 27.0 Å². The zero-order valence-corrected chi connectivity index (χ0v) is 18.5. The van der Waals surface area contributed by atoms with Crippen molar-refractivity contribution in [2.45, 2.75) is 38.1 Å². The molecule has 150 valence electrons. The van der Waals surface area contributed by atoms with E-state index >= 15 is 0 Å². The first-order chi connectivity index (χ1) is 14.0. The van der Waals surface area contributed by atoms with E-state index in [1.165, 1.54) is 18.2 Å². The normalized spacial score (nSPS) is 20.8. The van der Waals surface area contributed by atoms with Crippen LogP contribution in [0.1, 0.15) is 37.7 Å². The summed E-state index contributed by atoms with van der Waals surface area (Å²) in [6.07, 6.45) is 10.3. The number of carbonyl (C=O) groups is 1. The van der Waals surface area contributed by atoms with E-state index < -0.39 is 0 Å². The summed E-state index contributed by atoms with van der Waals surface area (Å²) in [5.41, 5.74) is 1.23. The molecule has 0 bridgehead atoms. The Morgan fingerprint density at radius 1 is 1.07 bits per heavy atom. The Balaban J connectivity index is 1.76. The van der Waals surface area contributed by atoms with Crippen molar-refractivity contribution >= 4 is 69.4 Å². The molecular formula is C21H18Cl3N3OS. The van der Waals surface area contributed by atoms with E-state index in [1.54, 1.807) is 42.7 Å². The summed E-state index contributed by atoms with van der Waals surface area (Å²) in [6, 6.07) is 7.17. The number of carbonyl (C=O) groups excluding carboxylic acids is 1. The lowest BCUT2D eigenvalue weighted by Gasteiger charge is -2.30. The number of thioether (sulfide) groups is 1. The van der Waals surface area contributed by atoms with Gasteiger partial charge < -0.3 is 0 Å². The molecule has 0 unspecified atom stereocenters. The van der Waals surface area contributed by atoms with E-state index in [-0.39, 0.29) is 11.9 Å². The van der Waals surface area contributed by atoms with E-state index in [0.29, 0.717) is 36.4 Å². The first kappa shape index (κ1) is 20.7. The summed E-state index contributed by atoms with van der Waals surface area (Å²) >= 11 is 20.2. The van der Waals surface area contributed by atoms with E-state index in [1.807, 2.05) is 4.90 Å². The maximum Gasteiger partial charge on any atom is 0.267 e. The van der Waals surface area contributed by atoms with Crippen LogP contribution in [0, 0.1) is 0 Å². The fourth-order valence-electron chi connectivity index (χ4n) is 3.57. The maximum atomic E-state index is 13.3. The minimum absolute atomic E-state index is 0.0678. The minimum atomic E-state index is -0.0678. The van der Waals surface area contributed by atoms with Crippen LogP contribution in [0.15, 0.2) is 46.6 Å². The van der Waals surface area contributed by atoms with E-state index in [4.69, 9.17) is 39.8 Å². The zero-order valence-electron chi connectivity index (χ0n) is 15.4. The Bertz CT molecular complexity index is 982. The second kappa shape index (κ2) is 9.09. The summed E-state index contributed by atoms with van der Waals surface area (Å²) in [5, 5.41) is 2.09. The molecule has 0 spiro atoms. The van der Waals surface area contributed by atoms with Crippen LogP contribution in [0.25, 0.3) is 6.08 Å². The zero-order chi connectivity index (χ0) is 20.4. The highest BCUT2D eigenvalue weighted by molar-refractivity contribution is 8.18. The molecule has 1 aromatic heterocycles. The molecule has 4 rings (SSSR count). The van der Waals surface area contributed by atoms with Crippen LogP contribution < -0.4 is 0 Å². The Labute approximate surface area is 189 Å². The number of aliphatic imine (C=N–C) groups is 1. The highest BCUT2D eigenvalue weighted by atomic mass is 35.5. The maximum absolute atomic E-state index is 13.3. The quantitative estimate of drug-likeness (QED) is 0.458. The van der Waals surface area contributed by atoms with Gasteiger partial charge in [-0.25, -0.2) is 4.99 Å². The molecule has 1 aliphatic carbocycles. The van der Waals surface area contributed by atoms with Crippen molar-refractivity contribution in [3.8, 4) is 0 Å². The summed E-state index contributed by atoms with van der Waals surface area (Å²) < 4.78 is 0. The molecular weight excluding hydrogens is 449 g/mol. The Hall–Kier alpha value is -1.53. The number of hydrogen-bond acceptors (Lipinski definition) is 4. The monoisotopic (exact) mass is 465 g/mol. The van der Waals surface area contributed by atoms with Crippen LogP contribution >= 0.6 is 46.6 Å². The van der Waals surface area contributed by atoms with Gasteiger partial charge in [-0.3, -0.25) is 14.7 Å². The van der Waals surface area contributed by atoms with Gasteiger partial charge in [0.05, 0.1) is 15.6 Å². The molecule has 2 fully saturated rings. The largest absolute Gasteiger partial charge is 0.283 e. The Kier molecular flexibility index (Phi) is 6.50. The smallest absolute Gasteiger partial charge is 0.267 e. The molecule has 1 saturated heterocycles. The molecule has 8 heteroatoms. The third kappa shape index (κ3) is 4.48. The van der Waals surface area contributed by atoms with E-state index in [2.05, 4.69) is 4.98 Å². The average Bonchev–Trinajstić information content (AvgIpc) is 3.02. The number of pyridine rings is 1. The Morgan fingerprint density at radius 2 is 1.79 bits per heavy atom. The number of benzene rings is 1. The second-order valence-electron chi connectivity index (χ2n) is 6.93. The van der Waals surface area contributed by atoms with Gasteiger partial charge in [-0.1, -0.05) is 60.1 Å². The van der Waals surface area contributed by atoms with Crippen LogP contribution in [0.3, 0.4) is 0 Å². The molecule has 1 aromatic carbocycles. The average molecular weight is 467 g/mol. The van der Waals surface area contributed by atoms with Gasteiger partial charge in [0.2, 0.25) is 0 Å². The van der Waals surface area contributed by atoms with Gasteiger partial charge in [-0.05, 0) is 48.9 Å². The third-order valence-corrected chi connectivity index (χ3v) is 6.95. The van der Waals surface area contributed by atoms with Gasteiger partial charge in [0.15, 0.2) is 5.17 Å². The SMILES string of the molecule is O=C1/C(=C/c2c(Cl)cccc2Cl)SC(=Nc2ccncc2Cl)N1C1CCCCC1. The van der Waals surface area contributed by atoms with Crippen molar-refractivity contribution in [3.63, 3.8) is 0 Å². The molecule has 29 heavy (non-hydrogen) atoms. The third-order valence-electron chi connectivity index (χ3n) is 5.02. The molecule has 0 atom stereocenters. The van der Waals surface area contributed by atoms with Gasteiger partial charge in [-0.15, -0.1) is 0 Å². The minimum Gasteiger partial charge on any atom is -0.283 e. The number of halogens is 3. The van der Waals surface area contributed by atoms with Gasteiger partial charge in [0.25, 0.3) is 5.91 Å². The number of aromatic nitrogens is 1. The van der Waals surface area contributed by atoms with Gasteiger partial charge in [0.1, 0.15) is 0 Å². The van der Waals surface area contributed by atoms with Crippen molar-refractivity contribution in [1.82, 2.24) is 9.88 Å². The summed E-state index contributed by atoms with van der Waals surface area (Å²) in [7, 11) is 0. The lowest BCUT2D eigenvalue weighted by Crippen LogP contribution is -2.40. The lowest BCUT2D eigenvalue weighted by atomic mass is 9.94. The van der Waals surface area contributed by atoms with Crippen molar-refractivity contribution in [2.24, 2.45) is 4.99 Å². The van der Waals surface area contributed by atoms with Crippen molar-refractivity contribution in [3.05, 3.63) is 62.2 Å². The Morgan fingerprint density at radius 3 is 2.48 bits per heavy atom. The molecule has 4 nitrogen and oxygen atoms in total. The van der Waals surface area contributed by atoms with Gasteiger partial charge >= 0.3 is 0 Å². The number of hydrogen-bond donors (Lipinski definition) is 0. The molecule has 2 heterocycles. The number of rotatable bonds is 3. The van der Waals surface area contributed by atoms with Crippen molar-refractivity contribution in [2.75, 3.05) is 0 Å². The number of amides is 1. The van der Waals surface area contributed by atoms with Gasteiger partial charge in [-0.2, -0.15) is 0 Å². The first-order valence-corrected chi connectivity index (χ1v) is 11.3. The molecule has 1 amide bonds. The standard InChI is InChI=1S/C21H18Cl3N3OS/c22-15-7-4-8-16(23)14(15)11-19-20(28)27(13-5-2-1-3-6-13)21(29-19)26-18-9-10-25-12-17(18)24/h4,7-13H,1-3,5-6H2/b19-11-,26-21?. The summed E-state index contributed by atoms with van der Waals surface area (Å²) in [4.78, 5) is 24.4. The van der Waals surface area contributed by atoms with Crippen molar-refractivity contribution < 1.29 is 4.79 Å². The topological polar surface area (TPSA) is 45.6 Å². The molecule has 2 aromatic rings. The molecule has 0 radical (unpaired) electrons.